The maximum Gasteiger partial charge on any atom is 0.433 e. The van der Waals surface area contributed by atoms with Crippen LogP contribution in [0.25, 0.3) is 10.9 Å². The summed E-state index contributed by atoms with van der Waals surface area (Å²) in [7, 11) is 0. The van der Waals surface area contributed by atoms with Crippen LogP contribution in [0.1, 0.15) is 43.4 Å². The fourth-order valence-electron chi connectivity index (χ4n) is 3.95. The molecule has 0 bridgehead atoms. The number of aliphatic hydroxyl groups excluding tert-OH is 1. The summed E-state index contributed by atoms with van der Waals surface area (Å²) >= 11 is 3.29. The lowest BCUT2D eigenvalue weighted by Crippen LogP contribution is -2.26. The Morgan fingerprint density at radius 2 is 1.76 bits per heavy atom. The summed E-state index contributed by atoms with van der Waals surface area (Å²) in [6.07, 6.45) is -4.72. The number of halogens is 4. The van der Waals surface area contributed by atoms with Crippen LogP contribution in [0.15, 0.2) is 53.0 Å². The Hall–Kier alpha value is -3.77. The number of hydrogen-bond acceptors (Lipinski definition) is 5. The van der Waals surface area contributed by atoms with Gasteiger partial charge in [-0.05, 0) is 55.8 Å². The number of hydrogen-bond donors (Lipinski definition) is 3. The van der Waals surface area contributed by atoms with Crippen molar-refractivity contribution in [3.05, 3.63) is 86.8 Å². The Morgan fingerprint density at radius 3 is 2.42 bits per heavy atom. The predicted molar refractivity (Wildman–Crippen MR) is 139 cm³/mol. The summed E-state index contributed by atoms with van der Waals surface area (Å²) in [5.41, 5.74) is 1.50. The first-order chi connectivity index (χ1) is 18.0. The smallest absolute Gasteiger partial charge is 0.395 e. The zero-order chi connectivity index (χ0) is 27.6. The van der Waals surface area contributed by atoms with Crippen molar-refractivity contribution in [1.82, 2.24) is 20.1 Å². The van der Waals surface area contributed by atoms with Crippen molar-refractivity contribution in [2.24, 2.45) is 0 Å². The number of anilines is 1. The molecule has 2 amide bonds. The molecule has 0 spiro atoms. The second kappa shape index (κ2) is 10.9. The monoisotopic (exact) mass is 589 g/mol. The summed E-state index contributed by atoms with van der Waals surface area (Å²) < 4.78 is 42.7. The molecule has 0 aliphatic rings. The van der Waals surface area contributed by atoms with Crippen LogP contribution in [0.2, 0.25) is 0 Å². The van der Waals surface area contributed by atoms with Crippen molar-refractivity contribution >= 4 is 44.3 Å². The summed E-state index contributed by atoms with van der Waals surface area (Å²) in [5, 5.41) is 18.9. The van der Waals surface area contributed by atoms with E-state index in [4.69, 9.17) is 5.11 Å². The third-order valence-corrected chi connectivity index (χ3v) is 6.36. The van der Waals surface area contributed by atoms with Crippen LogP contribution in [0.4, 0.5) is 18.9 Å². The van der Waals surface area contributed by atoms with Crippen molar-refractivity contribution in [3.63, 3.8) is 0 Å². The number of aliphatic hydroxyl groups is 1. The zero-order valence-corrected chi connectivity index (χ0v) is 21.9. The third kappa shape index (κ3) is 5.86. The molecule has 0 unspecified atom stereocenters. The van der Waals surface area contributed by atoms with Gasteiger partial charge in [-0.1, -0.05) is 28.1 Å². The lowest BCUT2D eigenvalue weighted by Gasteiger charge is -2.13. The van der Waals surface area contributed by atoms with Crippen molar-refractivity contribution in [3.8, 4) is 0 Å². The Bertz CT molecular complexity index is 1520. The average molecular weight is 590 g/mol. The molecule has 3 N–H and O–H groups in total. The molecule has 0 radical (unpaired) electrons. The number of rotatable bonds is 7. The van der Waals surface area contributed by atoms with Gasteiger partial charge in [-0.3, -0.25) is 14.3 Å². The Morgan fingerprint density at radius 1 is 1.05 bits per heavy atom. The number of nitrogens with zero attached hydrogens (tertiary/aromatic N) is 3. The average Bonchev–Trinajstić information content (AvgIpc) is 3.13. The second-order valence-electron chi connectivity index (χ2n) is 8.55. The largest absolute Gasteiger partial charge is 0.433 e. The van der Waals surface area contributed by atoms with E-state index in [-0.39, 0.29) is 35.5 Å². The van der Waals surface area contributed by atoms with E-state index in [0.29, 0.717) is 33.7 Å². The van der Waals surface area contributed by atoms with Gasteiger partial charge in [0.1, 0.15) is 5.69 Å². The lowest BCUT2D eigenvalue weighted by molar-refractivity contribution is -0.141. The number of amides is 2. The van der Waals surface area contributed by atoms with Crippen LogP contribution >= 0.6 is 15.9 Å². The molecule has 8 nitrogen and oxygen atoms in total. The third-order valence-electron chi connectivity index (χ3n) is 5.87. The summed E-state index contributed by atoms with van der Waals surface area (Å²) in [6, 6.07) is 12.1. The fraction of sp³-hybridized carbons (Fsp3) is 0.231. The molecule has 4 rings (SSSR count). The number of alkyl halides is 3. The van der Waals surface area contributed by atoms with E-state index in [2.05, 4.69) is 36.6 Å². The van der Waals surface area contributed by atoms with E-state index in [9.17, 15) is 22.8 Å². The molecule has 0 saturated heterocycles. The number of fused-ring (bicyclic) bond motifs is 1. The van der Waals surface area contributed by atoms with Gasteiger partial charge in [-0.25, -0.2) is 4.98 Å². The van der Waals surface area contributed by atoms with Gasteiger partial charge in [0, 0.05) is 22.0 Å². The summed E-state index contributed by atoms with van der Waals surface area (Å²) in [5.74, 6) is -1.02. The number of carbonyl (C=O) groups is 2. The molecule has 2 heterocycles. The molecular weight excluding hydrogens is 567 g/mol. The lowest BCUT2D eigenvalue weighted by atomic mass is 10.1. The van der Waals surface area contributed by atoms with Crippen molar-refractivity contribution < 1.29 is 27.9 Å². The minimum atomic E-state index is -4.72. The van der Waals surface area contributed by atoms with Crippen LogP contribution in [-0.2, 0) is 12.7 Å². The van der Waals surface area contributed by atoms with Gasteiger partial charge >= 0.3 is 6.18 Å². The Balaban J connectivity index is 1.60. The molecule has 12 heteroatoms. The topological polar surface area (TPSA) is 109 Å². The highest BCUT2D eigenvalue weighted by Crippen LogP contribution is 2.32. The van der Waals surface area contributed by atoms with E-state index < -0.39 is 17.8 Å². The quantitative estimate of drug-likeness (QED) is 0.285. The first-order valence-electron chi connectivity index (χ1n) is 11.5. The van der Waals surface area contributed by atoms with Crippen molar-refractivity contribution in [1.29, 1.82) is 0 Å². The van der Waals surface area contributed by atoms with E-state index in [1.807, 2.05) is 0 Å². The van der Waals surface area contributed by atoms with Crippen LogP contribution in [0, 0.1) is 13.8 Å². The van der Waals surface area contributed by atoms with E-state index >= 15 is 0 Å². The number of aromatic nitrogens is 3. The van der Waals surface area contributed by atoms with Gasteiger partial charge in [0.05, 0.1) is 41.3 Å². The highest BCUT2D eigenvalue weighted by Gasteiger charge is 2.34. The zero-order valence-electron chi connectivity index (χ0n) is 20.4. The second-order valence-corrected chi connectivity index (χ2v) is 9.46. The molecule has 198 valence electrons. The molecular formula is C26H23BrF3N5O3. The maximum atomic E-state index is 13.5. The number of nitrogens with one attached hydrogen (secondary N) is 2. The molecule has 0 saturated carbocycles. The molecule has 4 aromatic rings. The molecule has 0 fully saturated rings. The number of pyridine rings is 1. The van der Waals surface area contributed by atoms with Gasteiger partial charge in [0.2, 0.25) is 0 Å². The highest BCUT2D eigenvalue weighted by atomic mass is 79.9. The Labute approximate surface area is 224 Å². The van der Waals surface area contributed by atoms with E-state index in [0.717, 1.165) is 11.6 Å². The van der Waals surface area contributed by atoms with E-state index in [1.54, 1.807) is 54.9 Å². The predicted octanol–water partition coefficient (Wildman–Crippen LogP) is 4.85. The molecule has 0 aliphatic heterocycles. The Kier molecular flexibility index (Phi) is 7.83. The van der Waals surface area contributed by atoms with Crippen LogP contribution < -0.4 is 10.6 Å². The normalized spacial score (nSPS) is 11.6. The summed E-state index contributed by atoms with van der Waals surface area (Å²) in [6.45, 7) is 3.78. The van der Waals surface area contributed by atoms with Gasteiger partial charge in [0.25, 0.3) is 11.8 Å². The van der Waals surface area contributed by atoms with Gasteiger partial charge in [-0.15, -0.1) is 0 Å². The molecule has 0 atom stereocenters. The van der Waals surface area contributed by atoms with Crippen molar-refractivity contribution in [2.75, 3.05) is 18.5 Å². The van der Waals surface area contributed by atoms with Gasteiger partial charge < -0.3 is 15.7 Å². The standard InChI is InChI=1S/C26H23BrF3N5O3/c1-14-23(15(2)35(34-14)13-16-3-5-17(6-4-16)24(37)31-9-10-36)33-25(38)20-12-22(26(28,29)30)32-21-8-7-18(27)11-19(20)21/h3-8,11-12,36H,9-10,13H2,1-2H3,(H,31,37)(H,33,38). The molecule has 2 aromatic heterocycles. The highest BCUT2D eigenvalue weighted by molar-refractivity contribution is 9.10. The number of benzene rings is 2. The first kappa shape index (κ1) is 27.3. The fourth-order valence-corrected chi connectivity index (χ4v) is 4.31. The van der Waals surface area contributed by atoms with Crippen LogP contribution in [0.5, 0.6) is 0 Å². The van der Waals surface area contributed by atoms with Gasteiger partial charge in [-0.2, -0.15) is 18.3 Å². The minimum Gasteiger partial charge on any atom is -0.395 e. The number of aryl methyl sites for hydroxylation is 1. The first-order valence-corrected chi connectivity index (χ1v) is 12.3. The van der Waals surface area contributed by atoms with E-state index in [1.165, 1.54) is 6.07 Å². The van der Waals surface area contributed by atoms with Crippen LogP contribution in [0.3, 0.4) is 0 Å². The molecule has 38 heavy (non-hydrogen) atoms. The summed E-state index contributed by atoms with van der Waals surface area (Å²) in [4.78, 5) is 29.0. The molecule has 2 aromatic carbocycles. The number of carbonyl (C=O) groups excluding carboxylic acids is 2. The van der Waals surface area contributed by atoms with Crippen molar-refractivity contribution in [2.45, 2.75) is 26.6 Å². The maximum absolute atomic E-state index is 13.5. The van der Waals surface area contributed by atoms with Gasteiger partial charge in [0.15, 0.2) is 0 Å². The molecule has 0 aliphatic carbocycles. The SMILES string of the molecule is Cc1nn(Cc2ccc(C(=O)NCCO)cc2)c(C)c1NC(=O)c1cc(C(F)(F)F)nc2ccc(Br)cc12. The van der Waals surface area contributed by atoms with Crippen LogP contribution in [-0.4, -0.2) is 44.8 Å². The minimum absolute atomic E-state index is 0.0470.